The van der Waals surface area contributed by atoms with Crippen molar-refractivity contribution >= 4 is 22.5 Å². The molecule has 0 radical (unpaired) electrons. The summed E-state index contributed by atoms with van der Waals surface area (Å²) in [5, 5.41) is 1.71. The normalized spacial score (nSPS) is 10.2. The summed E-state index contributed by atoms with van der Waals surface area (Å²) in [6, 6.07) is 5.72. The summed E-state index contributed by atoms with van der Waals surface area (Å²) < 4.78 is 0. The average molecular weight is 259 g/mol. The van der Waals surface area contributed by atoms with E-state index in [0.717, 1.165) is 35.3 Å². The van der Waals surface area contributed by atoms with Crippen LogP contribution in [0.4, 0.5) is 0 Å². The molecule has 0 fully saturated rings. The highest BCUT2D eigenvalue weighted by Gasteiger charge is 2.07. The van der Waals surface area contributed by atoms with Gasteiger partial charge in [0.05, 0.1) is 17.6 Å². The van der Waals surface area contributed by atoms with E-state index in [2.05, 4.69) is 28.7 Å². The van der Waals surface area contributed by atoms with Gasteiger partial charge in [-0.05, 0) is 31.5 Å². The van der Waals surface area contributed by atoms with Gasteiger partial charge in [-0.2, -0.15) is 0 Å². The van der Waals surface area contributed by atoms with Gasteiger partial charge in [0, 0.05) is 16.8 Å². The van der Waals surface area contributed by atoms with Crippen molar-refractivity contribution in [3.8, 4) is 11.8 Å². The summed E-state index contributed by atoms with van der Waals surface area (Å²) in [6.45, 7) is 3.96. The molecule has 2 aromatic rings. The van der Waals surface area contributed by atoms with Crippen molar-refractivity contribution in [1.82, 2.24) is 9.97 Å². The van der Waals surface area contributed by atoms with Gasteiger partial charge in [0.25, 0.3) is 0 Å². The van der Waals surface area contributed by atoms with Gasteiger partial charge in [0.1, 0.15) is 5.82 Å². The first-order valence-corrected chi connectivity index (χ1v) is 6.47. The Kier molecular flexibility index (Phi) is 4.17. The van der Waals surface area contributed by atoms with Crippen molar-refractivity contribution in [2.75, 3.05) is 0 Å². The largest absolute Gasteiger partial charge is 0.236 e. The molecule has 0 saturated carbocycles. The van der Waals surface area contributed by atoms with Crippen LogP contribution in [0.15, 0.2) is 18.2 Å². The lowest BCUT2D eigenvalue weighted by Gasteiger charge is -2.06. The fourth-order valence-corrected chi connectivity index (χ4v) is 2.03. The van der Waals surface area contributed by atoms with Gasteiger partial charge < -0.3 is 0 Å². The van der Waals surface area contributed by atoms with Crippen molar-refractivity contribution in [1.29, 1.82) is 0 Å². The fraction of sp³-hybridized carbons (Fsp3) is 0.333. The standard InChI is InChI=1S/C15H15ClN2/c1-3-5-7-13-12-10-11(16)8-9-14(12)18-15(17-13)6-4-2/h8-10H,4,6-7H2,1-2H3. The predicted octanol–water partition coefficient (Wildman–Crippen LogP) is 3.80. The SMILES string of the molecule is CC#CCc1nc(CCC)nc2ccc(Cl)cc12. The number of hydrogen-bond donors (Lipinski definition) is 0. The second-order valence-corrected chi connectivity index (χ2v) is 4.54. The predicted molar refractivity (Wildman–Crippen MR) is 75.7 cm³/mol. The number of nitrogens with zero attached hydrogens (tertiary/aromatic N) is 2. The van der Waals surface area contributed by atoms with Crippen LogP contribution in [0.5, 0.6) is 0 Å². The maximum atomic E-state index is 6.03. The minimum Gasteiger partial charge on any atom is -0.236 e. The number of benzene rings is 1. The summed E-state index contributed by atoms with van der Waals surface area (Å²) in [7, 11) is 0. The van der Waals surface area contributed by atoms with E-state index in [1.165, 1.54) is 0 Å². The van der Waals surface area contributed by atoms with Crippen molar-refractivity contribution in [2.45, 2.75) is 33.1 Å². The van der Waals surface area contributed by atoms with Crippen LogP contribution in [0.25, 0.3) is 10.9 Å². The molecule has 0 amide bonds. The quantitative estimate of drug-likeness (QED) is 0.783. The molecule has 0 aliphatic heterocycles. The molecular formula is C15H15ClN2. The first-order valence-electron chi connectivity index (χ1n) is 6.09. The highest BCUT2D eigenvalue weighted by Crippen LogP contribution is 2.21. The third kappa shape index (κ3) is 2.80. The van der Waals surface area contributed by atoms with E-state index in [1.54, 1.807) is 0 Å². The Hall–Kier alpha value is -1.59. The maximum Gasteiger partial charge on any atom is 0.129 e. The maximum absolute atomic E-state index is 6.03. The lowest BCUT2D eigenvalue weighted by atomic mass is 10.1. The topological polar surface area (TPSA) is 25.8 Å². The van der Waals surface area contributed by atoms with Gasteiger partial charge in [-0.15, -0.1) is 5.92 Å². The number of halogens is 1. The van der Waals surface area contributed by atoms with E-state index < -0.39 is 0 Å². The van der Waals surface area contributed by atoms with Gasteiger partial charge in [0.2, 0.25) is 0 Å². The molecule has 3 heteroatoms. The molecule has 0 N–H and O–H groups in total. The fourth-order valence-electron chi connectivity index (χ4n) is 1.86. The summed E-state index contributed by atoms with van der Waals surface area (Å²) in [5.74, 6) is 6.85. The Balaban J connectivity index is 2.59. The number of aromatic nitrogens is 2. The molecular weight excluding hydrogens is 244 g/mol. The zero-order chi connectivity index (χ0) is 13.0. The van der Waals surface area contributed by atoms with Crippen LogP contribution in [0.1, 0.15) is 31.8 Å². The first-order chi connectivity index (χ1) is 8.74. The van der Waals surface area contributed by atoms with E-state index >= 15 is 0 Å². The van der Waals surface area contributed by atoms with E-state index in [4.69, 9.17) is 11.6 Å². The lowest BCUT2D eigenvalue weighted by molar-refractivity contribution is 0.833. The Morgan fingerprint density at radius 1 is 1.28 bits per heavy atom. The van der Waals surface area contributed by atoms with Crippen LogP contribution in [0, 0.1) is 11.8 Å². The van der Waals surface area contributed by atoms with Crippen LogP contribution in [0.3, 0.4) is 0 Å². The molecule has 92 valence electrons. The van der Waals surface area contributed by atoms with Crippen molar-refractivity contribution in [2.24, 2.45) is 0 Å². The molecule has 2 rings (SSSR count). The number of fused-ring (bicyclic) bond motifs is 1. The van der Waals surface area contributed by atoms with Crippen LogP contribution in [0.2, 0.25) is 5.02 Å². The summed E-state index contributed by atoms with van der Waals surface area (Å²) in [5.41, 5.74) is 1.92. The number of hydrogen-bond acceptors (Lipinski definition) is 2. The van der Waals surface area contributed by atoms with Gasteiger partial charge in [-0.3, -0.25) is 0 Å². The molecule has 0 atom stereocenters. The summed E-state index contributed by atoms with van der Waals surface area (Å²) in [6.07, 6.45) is 2.58. The van der Waals surface area contributed by atoms with Crippen molar-refractivity contribution < 1.29 is 0 Å². The lowest BCUT2D eigenvalue weighted by Crippen LogP contribution is -2.00. The summed E-state index contributed by atoms with van der Waals surface area (Å²) >= 11 is 6.03. The van der Waals surface area contributed by atoms with Gasteiger partial charge in [0.15, 0.2) is 0 Å². The molecule has 0 bridgehead atoms. The smallest absolute Gasteiger partial charge is 0.129 e. The van der Waals surface area contributed by atoms with Crippen LogP contribution >= 0.6 is 11.6 Å². The highest BCUT2D eigenvalue weighted by atomic mass is 35.5. The first kappa shape index (κ1) is 12.9. The Bertz CT molecular complexity index is 623. The molecule has 0 spiro atoms. The second-order valence-electron chi connectivity index (χ2n) is 4.10. The molecule has 0 aliphatic rings. The average Bonchev–Trinajstić information content (AvgIpc) is 2.37. The monoisotopic (exact) mass is 258 g/mol. The van der Waals surface area contributed by atoms with Gasteiger partial charge in [-0.25, -0.2) is 9.97 Å². The molecule has 1 aromatic carbocycles. The van der Waals surface area contributed by atoms with E-state index in [0.29, 0.717) is 11.4 Å². The second kappa shape index (κ2) is 5.84. The molecule has 1 heterocycles. The Morgan fingerprint density at radius 3 is 2.83 bits per heavy atom. The molecule has 0 saturated heterocycles. The van der Waals surface area contributed by atoms with Crippen LogP contribution < -0.4 is 0 Å². The van der Waals surface area contributed by atoms with Gasteiger partial charge >= 0.3 is 0 Å². The Labute approximate surface area is 112 Å². The Morgan fingerprint density at radius 2 is 2.11 bits per heavy atom. The van der Waals surface area contributed by atoms with E-state index in [9.17, 15) is 0 Å². The minimum absolute atomic E-state index is 0.645. The van der Waals surface area contributed by atoms with Crippen molar-refractivity contribution in [3.05, 3.63) is 34.7 Å². The van der Waals surface area contributed by atoms with Gasteiger partial charge in [-0.1, -0.05) is 24.4 Å². The van der Waals surface area contributed by atoms with E-state index in [1.807, 2.05) is 25.1 Å². The summed E-state index contributed by atoms with van der Waals surface area (Å²) in [4.78, 5) is 9.15. The zero-order valence-corrected chi connectivity index (χ0v) is 11.4. The molecule has 2 nitrogen and oxygen atoms in total. The van der Waals surface area contributed by atoms with E-state index in [-0.39, 0.29) is 0 Å². The van der Waals surface area contributed by atoms with Crippen LogP contribution in [-0.4, -0.2) is 9.97 Å². The minimum atomic E-state index is 0.645. The van der Waals surface area contributed by atoms with Crippen LogP contribution in [-0.2, 0) is 12.8 Å². The van der Waals surface area contributed by atoms with Crippen molar-refractivity contribution in [3.63, 3.8) is 0 Å². The molecule has 1 aromatic heterocycles. The highest BCUT2D eigenvalue weighted by molar-refractivity contribution is 6.31. The molecule has 18 heavy (non-hydrogen) atoms. The third-order valence-electron chi connectivity index (χ3n) is 2.69. The molecule has 0 aliphatic carbocycles. The zero-order valence-electron chi connectivity index (χ0n) is 10.6. The number of rotatable bonds is 3. The number of aryl methyl sites for hydroxylation is 1. The third-order valence-corrected chi connectivity index (χ3v) is 2.92. The molecule has 0 unspecified atom stereocenters.